The van der Waals surface area contributed by atoms with E-state index in [0.29, 0.717) is 10.6 Å². The van der Waals surface area contributed by atoms with E-state index in [1.165, 1.54) is 6.08 Å². The van der Waals surface area contributed by atoms with Crippen molar-refractivity contribution in [1.29, 1.82) is 0 Å². The van der Waals surface area contributed by atoms with Crippen LogP contribution in [0.5, 0.6) is 0 Å². The Balaban J connectivity index is 3.19. The van der Waals surface area contributed by atoms with Crippen molar-refractivity contribution in [3.05, 3.63) is 49.4 Å². The Morgan fingerprint density at radius 1 is 1.67 bits per heavy atom. The Bertz CT molecular complexity index is 539. The molecule has 18 heavy (non-hydrogen) atoms. The van der Waals surface area contributed by atoms with E-state index in [0.717, 1.165) is 4.47 Å². The van der Waals surface area contributed by atoms with Gasteiger partial charge in [-0.25, -0.2) is 4.79 Å². The summed E-state index contributed by atoms with van der Waals surface area (Å²) in [6.45, 7) is 1.86. The van der Waals surface area contributed by atoms with Crippen LogP contribution in [0.1, 0.15) is 12.5 Å². The number of hydrogen-bond donors (Lipinski definition) is 0. The predicted molar refractivity (Wildman–Crippen MR) is 72.9 cm³/mol. The van der Waals surface area contributed by atoms with Crippen LogP contribution >= 0.6 is 27.5 Å². The van der Waals surface area contributed by atoms with Gasteiger partial charge in [0.2, 0.25) is 0 Å². The van der Waals surface area contributed by atoms with Crippen molar-refractivity contribution in [3.8, 4) is 0 Å². The standard InChI is InChI=1S/C11H9BrClN3O2/c1-2-18-11(17)10(15-16-14)6-7-5-8(12)3-4-9(7)13/h3-6H,2H2,1H3/b10-6-. The van der Waals surface area contributed by atoms with Gasteiger partial charge in [-0.3, -0.25) is 0 Å². The van der Waals surface area contributed by atoms with E-state index in [1.54, 1.807) is 25.1 Å². The van der Waals surface area contributed by atoms with Gasteiger partial charge in [0.25, 0.3) is 0 Å². The molecular weight excluding hydrogens is 321 g/mol. The zero-order valence-corrected chi connectivity index (χ0v) is 11.8. The zero-order chi connectivity index (χ0) is 13.5. The van der Waals surface area contributed by atoms with Crippen LogP contribution < -0.4 is 0 Å². The molecule has 5 nitrogen and oxygen atoms in total. The summed E-state index contributed by atoms with van der Waals surface area (Å²) in [5.74, 6) is -0.689. The second kappa shape index (κ2) is 7.06. The number of halogens is 2. The fraction of sp³-hybridized carbons (Fsp3) is 0.182. The minimum absolute atomic E-state index is 0.139. The maximum atomic E-state index is 11.5. The lowest BCUT2D eigenvalue weighted by molar-refractivity contribution is -0.138. The van der Waals surface area contributed by atoms with Crippen molar-refractivity contribution < 1.29 is 9.53 Å². The van der Waals surface area contributed by atoms with Crippen LogP contribution in [-0.4, -0.2) is 12.6 Å². The Morgan fingerprint density at radius 3 is 3.00 bits per heavy atom. The summed E-state index contributed by atoms with van der Waals surface area (Å²) >= 11 is 9.26. The molecular formula is C11H9BrClN3O2. The maximum absolute atomic E-state index is 11.5. The molecule has 0 saturated heterocycles. The summed E-state index contributed by atoms with van der Waals surface area (Å²) in [4.78, 5) is 14.1. The molecule has 1 aromatic rings. The first-order valence-electron chi connectivity index (χ1n) is 4.97. The zero-order valence-electron chi connectivity index (χ0n) is 9.43. The highest BCUT2D eigenvalue weighted by Crippen LogP contribution is 2.23. The molecule has 0 heterocycles. The number of esters is 1. The quantitative estimate of drug-likeness (QED) is 0.271. The molecule has 0 atom stereocenters. The molecule has 0 aliphatic rings. The van der Waals surface area contributed by atoms with Gasteiger partial charge < -0.3 is 4.74 Å². The molecule has 0 aliphatic heterocycles. The first kappa shape index (κ1) is 14.6. The van der Waals surface area contributed by atoms with E-state index in [2.05, 4.69) is 26.0 Å². The third-order valence-electron chi connectivity index (χ3n) is 1.89. The molecule has 1 aromatic carbocycles. The molecule has 0 spiro atoms. The molecule has 94 valence electrons. The molecule has 0 saturated carbocycles. The topological polar surface area (TPSA) is 75.1 Å². The molecule has 7 heteroatoms. The monoisotopic (exact) mass is 329 g/mol. The molecule has 0 aromatic heterocycles. The first-order valence-corrected chi connectivity index (χ1v) is 6.14. The van der Waals surface area contributed by atoms with Gasteiger partial charge >= 0.3 is 5.97 Å². The lowest BCUT2D eigenvalue weighted by atomic mass is 10.2. The van der Waals surface area contributed by atoms with Crippen LogP contribution in [0.3, 0.4) is 0 Å². The van der Waals surface area contributed by atoms with Crippen LogP contribution in [-0.2, 0) is 9.53 Å². The normalized spacial score (nSPS) is 10.7. The molecule has 0 unspecified atom stereocenters. The Morgan fingerprint density at radius 2 is 2.39 bits per heavy atom. The van der Waals surface area contributed by atoms with Crippen LogP contribution in [0.25, 0.3) is 16.5 Å². The van der Waals surface area contributed by atoms with Gasteiger partial charge in [0.1, 0.15) is 5.70 Å². The van der Waals surface area contributed by atoms with E-state index in [9.17, 15) is 4.79 Å². The van der Waals surface area contributed by atoms with Gasteiger partial charge in [0.15, 0.2) is 0 Å². The Kier molecular flexibility index (Phi) is 5.71. The number of azide groups is 1. The van der Waals surface area contributed by atoms with E-state index < -0.39 is 5.97 Å². The lowest BCUT2D eigenvalue weighted by Gasteiger charge is -2.03. The van der Waals surface area contributed by atoms with Crippen molar-refractivity contribution in [2.45, 2.75) is 6.92 Å². The van der Waals surface area contributed by atoms with Crippen molar-refractivity contribution in [3.63, 3.8) is 0 Å². The number of benzene rings is 1. The number of nitrogens with zero attached hydrogens (tertiary/aromatic N) is 3. The van der Waals surface area contributed by atoms with Gasteiger partial charge in [0, 0.05) is 14.4 Å². The van der Waals surface area contributed by atoms with E-state index >= 15 is 0 Å². The van der Waals surface area contributed by atoms with Crippen molar-refractivity contribution in [1.82, 2.24) is 0 Å². The van der Waals surface area contributed by atoms with Crippen molar-refractivity contribution in [2.24, 2.45) is 5.11 Å². The maximum Gasteiger partial charge on any atom is 0.340 e. The number of carbonyl (C=O) groups excluding carboxylic acids is 1. The second-order valence-corrected chi connectivity index (χ2v) is 4.43. The van der Waals surface area contributed by atoms with E-state index in [4.69, 9.17) is 21.9 Å². The Labute approximate surface area is 117 Å². The number of hydrogen-bond acceptors (Lipinski definition) is 3. The highest BCUT2D eigenvalue weighted by molar-refractivity contribution is 9.10. The van der Waals surface area contributed by atoms with E-state index in [-0.39, 0.29) is 12.3 Å². The minimum atomic E-state index is -0.689. The van der Waals surface area contributed by atoms with Gasteiger partial charge in [-0.15, -0.1) is 0 Å². The molecule has 1 rings (SSSR count). The average Bonchev–Trinajstić information content (AvgIpc) is 2.33. The summed E-state index contributed by atoms with van der Waals surface area (Å²) in [5, 5.41) is 3.74. The molecule has 0 amide bonds. The summed E-state index contributed by atoms with van der Waals surface area (Å²) < 4.78 is 5.57. The number of ether oxygens (including phenoxy) is 1. The third kappa shape index (κ3) is 4.07. The SMILES string of the molecule is CCOC(=O)/C(=C/c1cc(Br)ccc1Cl)N=[N+]=[N-]. The number of rotatable bonds is 4. The number of carbonyl (C=O) groups is 1. The molecule has 0 aliphatic carbocycles. The van der Waals surface area contributed by atoms with Crippen LogP contribution in [0, 0.1) is 0 Å². The summed E-state index contributed by atoms with van der Waals surface area (Å²) in [6.07, 6.45) is 1.38. The van der Waals surface area contributed by atoms with Gasteiger partial charge in [-0.1, -0.05) is 32.6 Å². The van der Waals surface area contributed by atoms with Crippen molar-refractivity contribution in [2.75, 3.05) is 6.61 Å². The van der Waals surface area contributed by atoms with Gasteiger partial charge in [-0.05, 0) is 42.3 Å². The molecule has 0 bridgehead atoms. The van der Waals surface area contributed by atoms with E-state index in [1.807, 2.05) is 0 Å². The summed E-state index contributed by atoms with van der Waals surface area (Å²) in [7, 11) is 0. The summed E-state index contributed by atoms with van der Waals surface area (Å²) in [6, 6.07) is 5.13. The second-order valence-electron chi connectivity index (χ2n) is 3.11. The molecule has 0 radical (unpaired) electrons. The molecule has 0 fully saturated rings. The van der Waals surface area contributed by atoms with Gasteiger partial charge in [-0.2, -0.15) is 0 Å². The first-order chi connectivity index (χ1) is 8.58. The predicted octanol–water partition coefficient (Wildman–Crippen LogP) is 4.32. The minimum Gasteiger partial charge on any atom is -0.462 e. The van der Waals surface area contributed by atoms with Gasteiger partial charge in [0.05, 0.1) is 6.61 Å². The van der Waals surface area contributed by atoms with Crippen molar-refractivity contribution >= 4 is 39.6 Å². The third-order valence-corrected chi connectivity index (χ3v) is 2.72. The van der Waals surface area contributed by atoms with Crippen LogP contribution in [0.4, 0.5) is 0 Å². The molecule has 0 N–H and O–H groups in total. The Hall–Kier alpha value is -1.49. The van der Waals surface area contributed by atoms with Crippen LogP contribution in [0.15, 0.2) is 33.5 Å². The summed E-state index contributed by atoms with van der Waals surface area (Å²) in [5.41, 5.74) is 8.84. The highest BCUT2D eigenvalue weighted by atomic mass is 79.9. The fourth-order valence-corrected chi connectivity index (χ4v) is 1.71. The highest BCUT2D eigenvalue weighted by Gasteiger charge is 2.10. The lowest BCUT2D eigenvalue weighted by Crippen LogP contribution is -2.05. The fourth-order valence-electron chi connectivity index (χ4n) is 1.15. The van der Waals surface area contributed by atoms with Crippen LogP contribution in [0.2, 0.25) is 5.02 Å². The smallest absolute Gasteiger partial charge is 0.340 e. The average molecular weight is 331 g/mol. The largest absolute Gasteiger partial charge is 0.462 e.